The first-order valence-corrected chi connectivity index (χ1v) is 6.21. The van der Waals surface area contributed by atoms with Crippen LogP contribution in [0.25, 0.3) is 0 Å². The lowest BCUT2D eigenvalue weighted by Gasteiger charge is -2.13. The summed E-state index contributed by atoms with van der Waals surface area (Å²) in [6.45, 7) is 6.77. The molecule has 1 unspecified atom stereocenters. The lowest BCUT2D eigenvalue weighted by molar-refractivity contribution is -0.384. The van der Waals surface area contributed by atoms with Gasteiger partial charge in [0, 0.05) is 24.6 Å². The van der Waals surface area contributed by atoms with E-state index in [9.17, 15) is 10.1 Å². The standard InChI is InChI=1S/C13H20N2O3/c1-3-8-14-9-11(2)10-18-13-6-4-12(5-7-13)15(16)17/h4-7,11,14H,3,8-10H2,1-2H3. The predicted octanol–water partition coefficient (Wildman–Crippen LogP) is 2.61. The van der Waals surface area contributed by atoms with Gasteiger partial charge in [-0.25, -0.2) is 0 Å². The second-order valence-corrected chi connectivity index (χ2v) is 4.37. The van der Waals surface area contributed by atoms with Crippen LogP contribution in [0.4, 0.5) is 5.69 Å². The minimum absolute atomic E-state index is 0.0833. The van der Waals surface area contributed by atoms with Crippen LogP contribution in [0, 0.1) is 16.0 Å². The normalized spacial score (nSPS) is 12.1. The smallest absolute Gasteiger partial charge is 0.269 e. The number of benzene rings is 1. The maximum Gasteiger partial charge on any atom is 0.269 e. The van der Waals surface area contributed by atoms with Gasteiger partial charge in [0.05, 0.1) is 11.5 Å². The molecule has 0 spiro atoms. The topological polar surface area (TPSA) is 64.4 Å². The molecule has 1 rings (SSSR count). The van der Waals surface area contributed by atoms with Crippen LogP contribution in [0.2, 0.25) is 0 Å². The van der Waals surface area contributed by atoms with Gasteiger partial charge in [0.2, 0.25) is 0 Å². The molecule has 1 aromatic rings. The van der Waals surface area contributed by atoms with Gasteiger partial charge in [0.25, 0.3) is 5.69 Å². The first-order chi connectivity index (χ1) is 8.63. The molecule has 0 radical (unpaired) electrons. The van der Waals surface area contributed by atoms with Crippen LogP contribution in [0.15, 0.2) is 24.3 Å². The van der Waals surface area contributed by atoms with Gasteiger partial charge in [-0.2, -0.15) is 0 Å². The largest absolute Gasteiger partial charge is 0.493 e. The summed E-state index contributed by atoms with van der Waals surface area (Å²) in [5.74, 6) is 1.08. The summed E-state index contributed by atoms with van der Waals surface area (Å²) >= 11 is 0. The molecule has 0 aromatic heterocycles. The van der Waals surface area contributed by atoms with Crippen LogP contribution in [0.1, 0.15) is 20.3 Å². The Morgan fingerprint density at radius 1 is 1.39 bits per heavy atom. The zero-order valence-corrected chi connectivity index (χ0v) is 10.9. The second-order valence-electron chi connectivity index (χ2n) is 4.37. The Hall–Kier alpha value is -1.62. The minimum atomic E-state index is -0.416. The molecule has 0 bridgehead atoms. The fourth-order valence-electron chi connectivity index (χ4n) is 1.49. The number of nitrogens with one attached hydrogen (secondary N) is 1. The fraction of sp³-hybridized carbons (Fsp3) is 0.538. The molecular weight excluding hydrogens is 232 g/mol. The van der Waals surface area contributed by atoms with Crippen molar-refractivity contribution in [2.24, 2.45) is 5.92 Å². The molecular formula is C13H20N2O3. The van der Waals surface area contributed by atoms with Crippen molar-refractivity contribution in [3.05, 3.63) is 34.4 Å². The lowest BCUT2D eigenvalue weighted by atomic mass is 10.2. The zero-order chi connectivity index (χ0) is 13.4. The van der Waals surface area contributed by atoms with Crippen LogP contribution in [-0.4, -0.2) is 24.6 Å². The summed E-state index contributed by atoms with van der Waals surface area (Å²) in [4.78, 5) is 10.1. The van der Waals surface area contributed by atoms with E-state index in [-0.39, 0.29) is 5.69 Å². The van der Waals surface area contributed by atoms with E-state index < -0.39 is 4.92 Å². The van der Waals surface area contributed by atoms with E-state index >= 15 is 0 Å². The zero-order valence-electron chi connectivity index (χ0n) is 10.9. The molecule has 1 N–H and O–H groups in total. The van der Waals surface area contributed by atoms with Crippen molar-refractivity contribution >= 4 is 5.69 Å². The minimum Gasteiger partial charge on any atom is -0.493 e. The monoisotopic (exact) mass is 252 g/mol. The molecule has 0 amide bonds. The number of hydrogen-bond donors (Lipinski definition) is 1. The fourth-order valence-corrected chi connectivity index (χ4v) is 1.49. The Morgan fingerprint density at radius 2 is 2.06 bits per heavy atom. The molecule has 5 nitrogen and oxygen atoms in total. The third-order valence-electron chi connectivity index (χ3n) is 2.50. The van der Waals surface area contributed by atoms with E-state index in [0.717, 1.165) is 19.5 Å². The Labute approximate surface area is 107 Å². The highest BCUT2D eigenvalue weighted by atomic mass is 16.6. The van der Waals surface area contributed by atoms with Crippen LogP contribution in [0.3, 0.4) is 0 Å². The summed E-state index contributed by atoms with van der Waals surface area (Å²) in [5, 5.41) is 13.8. The quantitative estimate of drug-likeness (QED) is 0.439. The third kappa shape index (κ3) is 5.14. The Bertz CT molecular complexity index is 365. The maximum absolute atomic E-state index is 10.5. The van der Waals surface area contributed by atoms with E-state index in [1.807, 2.05) is 0 Å². The molecule has 0 fully saturated rings. The van der Waals surface area contributed by atoms with Crippen molar-refractivity contribution in [1.82, 2.24) is 5.32 Å². The van der Waals surface area contributed by atoms with Crippen molar-refractivity contribution in [2.75, 3.05) is 19.7 Å². The summed E-state index contributed by atoms with van der Waals surface area (Å²) in [6, 6.07) is 6.17. The highest BCUT2D eigenvalue weighted by molar-refractivity contribution is 5.35. The van der Waals surface area contributed by atoms with Crippen molar-refractivity contribution in [3.63, 3.8) is 0 Å². The van der Waals surface area contributed by atoms with Crippen LogP contribution < -0.4 is 10.1 Å². The van der Waals surface area contributed by atoms with Crippen LogP contribution in [0.5, 0.6) is 5.75 Å². The van der Waals surface area contributed by atoms with Gasteiger partial charge in [-0.05, 0) is 25.1 Å². The number of nitro benzene ring substituents is 1. The predicted molar refractivity (Wildman–Crippen MR) is 70.9 cm³/mol. The highest BCUT2D eigenvalue weighted by Crippen LogP contribution is 2.17. The third-order valence-corrected chi connectivity index (χ3v) is 2.50. The molecule has 0 aliphatic rings. The van der Waals surface area contributed by atoms with E-state index in [1.165, 1.54) is 12.1 Å². The first kappa shape index (κ1) is 14.4. The number of rotatable bonds is 8. The molecule has 1 atom stereocenters. The van der Waals surface area contributed by atoms with Gasteiger partial charge in [-0.15, -0.1) is 0 Å². The molecule has 18 heavy (non-hydrogen) atoms. The number of nitrogens with zero attached hydrogens (tertiary/aromatic N) is 1. The van der Waals surface area contributed by atoms with Gasteiger partial charge in [0.1, 0.15) is 5.75 Å². The van der Waals surface area contributed by atoms with Gasteiger partial charge >= 0.3 is 0 Å². The van der Waals surface area contributed by atoms with E-state index in [2.05, 4.69) is 19.2 Å². The molecule has 0 heterocycles. The Kier molecular flexibility index (Phi) is 6.14. The molecule has 0 saturated carbocycles. The van der Waals surface area contributed by atoms with E-state index in [0.29, 0.717) is 18.3 Å². The Morgan fingerprint density at radius 3 is 2.61 bits per heavy atom. The molecule has 1 aromatic carbocycles. The van der Waals surface area contributed by atoms with Crippen molar-refractivity contribution in [2.45, 2.75) is 20.3 Å². The van der Waals surface area contributed by atoms with Gasteiger partial charge in [0.15, 0.2) is 0 Å². The summed E-state index contributed by atoms with van der Waals surface area (Å²) in [5.41, 5.74) is 0.0833. The molecule has 100 valence electrons. The molecule has 0 saturated heterocycles. The van der Waals surface area contributed by atoms with Crippen molar-refractivity contribution in [1.29, 1.82) is 0 Å². The number of non-ortho nitro benzene ring substituents is 1. The second kappa shape index (κ2) is 7.66. The first-order valence-electron chi connectivity index (χ1n) is 6.21. The average molecular weight is 252 g/mol. The maximum atomic E-state index is 10.5. The Balaban J connectivity index is 2.32. The summed E-state index contributed by atoms with van der Waals surface area (Å²) in [7, 11) is 0. The summed E-state index contributed by atoms with van der Waals surface area (Å²) in [6.07, 6.45) is 1.12. The van der Waals surface area contributed by atoms with Gasteiger partial charge in [-0.1, -0.05) is 13.8 Å². The highest BCUT2D eigenvalue weighted by Gasteiger charge is 2.06. The van der Waals surface area contributed by atoms with E-state index in [1.54, 1.807) is 12.1 Å². The summed E-state index contributed by atoms with van der Waals surface area (Å²) < 4.78 is 5.57. The van der Waals surface area contributed by atoms with Crippen LogP contribution >= 0.6 is 0 Å². The van der Waals surface area contributed by atoms with Crippen LogP contribution in [-0.2, 0) is 0 Å². The van der Waals surface area contributed by atoms with Gasteiger partial charge < -0.3 is 10.1 Å². The molecule has 0 aliphatic heterocycles. The van der Waals surface area contributed by atoms with E-state index in [4.69, 9.17) is 4.74 Å². The number of hydrogen-bond acceptors (Lipinski definition) is 4. The van der Waals surface area contributed by atoms with Gasteiger partial charge in [-0.3, -0.25) is 10.1 Å². The molecule has 5 heteroatoms. The average Bonchev–Trinajstić information content (AvgIpc) is 2.37. The lowest BCUT2D eigenvalue weighted by Crippen LogP contribution is -2.25. The van der Waals surface area contributed by atoms with Crippen molar-refractivity contribution < 1.29 is 9.66 Å². The SMILES string of the molecule is CCCNCC(C)COc1ccc([N+](=O)[O-])cc1. The van der Waals surface area contributed by atoms with Crippen molar-refractivity contribution in [3.8, 4) is 5.75 Å². The number of nitro groups is 1. The number of ether oxygens (including phenoxy) is 1. The molecule has 0 aliphatic carbocycles.